The number of esters is 2. The number of hydrogen-bond donors (Lipinski definition) is 0. The average molecular weight is 473 g/mol. The first-order valence-corrected chi connectivity index (χ1v) is 10.9. The predicted octanol–water partition coefficient (Wildman–Crippen LogP) is 3.56. The van der Waals surface area contributed by atoms with E-state index < -0.39 is 11.9 Å². The Morgan fingerprint density at radius 1 is 0.914 bits per heavy atom. The van der Waals surface area contributed by atoms with Crippen molar-refractivity contribution in [2.45, 2.75) is 20.4 Å². The van der Waals surface area contributed by atoms with E-state index in [2.05, 4.69) is 10.1 Å². The fourth-order valence-corrected chi connectivity index (χ4v) is 3.85. The normalized spacial score (nSPS) is 10.7. The molecule has 0 spiro atoms. The molecule has 35 heavy (non-hydrogen) atoms. The summed E-state index contributed by atoms with van der Waals surface area (Å²) in [5.74, 6) is -1.29. The molecule has 0 unspecified atom stereocenters. The van der Waals surface area contributed by atoms with Gasteiger partial charge in [-0.1, -0.05) is 12.1 Å². The van der Waals surface area contributed by atoms with E-state index in [9.17, 15) is 14.4 Å². The lowest BCUT2D eigenvalue weighted by Gasteiger charge is -2.11. The van der Waals surface area contributed by atoms with E-state index in [1.165, 1.54) is 13.4 Å². The highest BCUT2D eigenvalue weighted by Gasteiger charge is 2.19. The molecule has 0 aliphatic rings. The predicted molar refractivity (Wildman–Crippen MR) is 127 cm³/mol. The molecule has 2 aromatic carbocycles. The van der Waals surface area contributed by atoms with Gasteiger partial charge in [0.2, 0.25) is 5.78 Å². The van der Waals surface area contributed by atoms with Crippen molar-refractivity contribution in [2.75, 3.05) is 13.7 Å². The highest BCUT2D eigenvalue weighted by Crippen LogP contribution is 2.22. The Kier molecular flexibility index (Phi) is 6.86. The number of benzene rings is 2. The van der Waals surface area contributed by atoms with Gasteiger partial charge in [0.25, 0.3) is 0 Å². The lowest BCUT2D eigenvalue weighted by atomic mass is 10.1. The molecule has 2 heterocycles. The van der Waals surface area contributed by atoms with Gasteiger partial charge >= 0.3 is 11.9 Å². The number of methoxy groups -OCH3 is 1. The van der Waals surface area contributed by atoms with E-state index in [4.69, 9.17) is 9.47 Å². The minimum atomic E-state index is -0.571. The number of aryl methyl sites for hydroxylation is 1. The van der Waals surface area contributed by atoms with Gasteiger partial charge in [-0.15, -0.1) is 0 Å². The Bertz CT molecular complexity index is 1350. The van der Waals surface area contributed by atoms with Crippen molar-refractivity contribution >= 4 is 17.7 Å². The molecule has 0 bridgehead atoms. The molecular formula is C26H24N4O5. The summed E-state index contributed by atoms with van der Waals surface area (Å²) in [5.41, 5.74) is 4.57. The molecule has 178 valence electrons. The Hall–Kier alpha value is -4.53. The van der Waals surface area contributed by atoms with Crippen LogP contribution in [0.3, 0.4) is 0 Å². The maximum Gasteiger partial charge on any atom is 0.338 e. The third kappa shape index (κ3) is 5.19. The zero-order chi connectivity index (χ0) is 24.9. The van der Waals surface area contributed by atoms with Crippen LogP contribution in [0, 0.1) is 13.8 Å². The van der Waals surface area contributed by atoms with Gasteiger partial charge in [-0.2, -0.15) is 5.10 Å². The van der Waals surface area contributed by atoms with E-state index in [1.807, 2.05) is 18.4 Å². The number of ether oxygens (including phenoxy) is 2. The largest absolute Gasteiger partial charge is 0.465 e. The zero-order valence-corrected chi connectivity index (χ0v) is 19.6. The molecule has 0 aliphatic carbocycles. The van der Waals surface area contributed by atoms with Gasteiger partial charge in [-0.3, -0.25) is 4.79 Å². The fraction of sp³-hybridized carbons (Fsp3) is 0.192. The van der Waals surface area contributed by atoms with Crippen LogP contribution in [0.5, 0.6) is 0 Å². The van der Waals surface area contributed by atoms with Gasteiger partial charge < -0.3 is 14.0 Å². The molecule has 4 rings (SSSR count). The Balaban J connectivity index is 1.41. The minimum absolute atomic E-state index is 0.299. The number of ketones is 1. The summed E-state index contributed by atoms with van der Waals surface area (Å²) < 4.78 is 13.6. The minimum Gasteiger partial charge on any atom is -0.465 e. The lowest BCUT2D eigenvalue weighted by molar-refractivity contribution is 0.0474. The van der Waals surface area contributed by atoms with Gasteiger partial charge in [0, 0.05) is 22.6 Å². The summed E-state index contributed by atoms with van der Waals surface area (Å²) in [4.78, 5) is 40.9. The number of carbonyl (C=O) groups is 3. The third-order valence-corrected chi connectivity index (χ3v) is 5.61. The second-order valence-electron chi connectivity index (χ2n) is 7.95. The van der Waals surface area contributed by atoms with Crippen LogP contribution in [0.2, 0.25) is 0 Å². The van der Waals surface area contributed by atoms with Gasteiger partial charge in [0.05, 0.1) is 24.8 Å². The molecule has 9 nitrogen and oxygen atoms in total. The van der Waals surface area contributed by atoms with E-state index >= 15 is 0 Å². The Labute approximate surface area is 201 Å². The number of nitrogens with zero attached hydrogens (tertiary/aromatic N) is 4. The number of carbonyl (C=O) groups excluding carboxylic acids is 3. The molecule has 0 aliphatic heterocycles. The topological polar surface area (TPSA) is 105 Å². The van der Waals surface area contributed by atoms with Crippen molar-refractivity contribution in [3.8, 4) is 5.69 Å². The Morgan fingerprint density at radius 2 is 1.57 bits per heavy atom. The molecule has 0 saturated carbocycles. The quantitative estimate of drug-likeness (QED) is 0.285. The van der Waals surface area contributed by atoms with Crippen molar-refractivity contribution in [2.24, 2.45) is 0 Å². The first-order valence-electron chi connectivity index (χ1n) is 10.9. The second kappa shape index (κ2) is 10.2. The maximum atomic E-state index is 12.8. The standard InChI is InChI=1S/C26H24N4O5/c1-17-12-23(18(2)30(17)22-10-8-20(9-11-22)25(32)34-3)24(31)14-35-26(33)21-6-4-19(5-7-21)13-29-16-27-15-28-29/h4-12,15-16H,13-14H2,1-3H3. The van der Waals surface area contributed by atoms with E-state index in [-0.39, 0.29) is 12.4 Å². The van der Waals surface area contributed by atoms with Crippen LogP contribution in [0.1, 0.15) is 48.0 Å². The van der Waals surface area contributed by atoms with E-state index in [0.717, 1.165) is 16.9 Å². The molecule has 0 radical (unpaired) electrons. The van der Waals surface area contributed by atoms with Gasteiger partial charge in [-0.25, -0.2) is 19.3 Å². The van der Waals surface area contributed by atoms with Crippen molar-refractivity contribution < 1.29 is 23.9 Å². The molecule has 0 N–H and O–H groups in total. The first-order chi connectivity index (χ1) is 16.9. The van der Waals surface area contributed by atoms with Crippen LogP contribution in [-0.4, -0.2) is 50.8 Å². The number of rotatable bonds is 8. The van der Waals surface area contributed by atoms with Crippen LogP contribution in [-0.2, 0) is 16.0 Å². The molecule has 0 fully saturated rings. The summed E-state index contributed by atoms with van der Waals surface area (Å²) in [5, 5.41) is 4.05. The Morgan fingerprint density at radius 3 is 2.20 bits per heavy atom. The highest BCUT2D eigenvalue weighted by molar-refractivity contribution is 6.00. The van der Waals surface area contributed by atoms with Gasteiger partial charge in [0.15, 0.2) is 6.61 Å². The lowest BCUT2D eigenvalue weighted by Crippen LogP contribution is -2.15. The van der Waals surface area contributed by atoms with Crippen molar-refractivity contribution in [1.82, 2.24) is 19.3 Å². The smallest absolute Gasteiger partial charge is 0.338 e. The van der Waals surface area contributed by atoms with Crippen LogP contribution >= 0.6 is 0 Å². The molecule has 0 saturated heterocycles. The van der Waals surface area contributed by atoms with E-state index in [0.29, 0.717) is 28.9 Å². The molecule has 2 aromatic heterocycles. The average Bonchev–Trinajstić information content (AvgIpc) is 3.49. The SMILES string of the molecule is COC(=O)c1ccc(-n2c(C)cc(C(=O)COC(=O)c3ccc(Cn4cncn4)cc3)c2C)cc1. The maximum absolute atomic E-state index is 12.8. The number of aromatic nitrogens is 4. The monoisotopic (exact) mass is 472 g/mol. The molecule has 9 heteroatoms. The summed E-state index contributed by atoms with van der Waals surface area (Å²) in [6.45, 7) is 3.87. The fourth-order valence-electron chi connectivity index (χ4n) is 3.85. The van der Waals surface area contributed by atoms with Crippen molar-refractivity contribution in [3.05, 3.63) is 101 Å². The molecule has 0 amide bonds. The molecule has 0 atom stereocenters. The first kappa shape index (κ1) is 23.6. The van der Waals surface area contributed by atoms with Crippen molar-refractivity contribution in [3.63, 3.8) is 0 Å². The molecular weight excluding hydrogens is 448 g/mol. The zero-order valence-electron chi connectivity index (χ0n) is 19.6. The highest BCUT2D eigenvalue weighted by atomic mass is 16.5. The van der Waals surface area contributed by atoms with Crippen molar-refractivity contribution in [1.29, 1.82) is 0 Å². The summed E-state index contributed by atoms with van der Waals surface area (Å²) in [6, 6.07) is 15.6. The summed E-state index contributed by atoms with van der Waals surface area (Å²) in [6.07, 6.45) is 3.07. The van der Waals surface area contributed by atoms with Crippen LogP contribution in [0.4, 0.5) is 0 Å². The molecule has 4 aromatic rings. The summed E-state index contributed by atoms with van der Waals surface area (Å²) in [7, 11) is 1.33. The van der Waals surface area contributed by atoms with Gasteiger partial charge in [-0.05, 0) is 61.9 Å². The third-order valence-electron chi connectivity index (χ3n) is 5.61. The van der Waals surface area contributed by atoms with Gasteiger partial charge in [0.1, 0.15) is 12.7 Å². The van der Waals surface area contributed by atoms with E-state index in [1.54, 1.807) is 65.6 Å². The number of hydrogen-bond acceptors (Lipinski definition) is 7. The summed E-state index contributed by atoms with van der Waals surface area (Å²) >= 11 is 0. The van der Waals surface area contributed by atoms with Crippen LogP contribution < -0.4 is 0 Å². The van der Waals surface area contributed by atoms with Crippen LogP contribution in [0.15, 0.2) is 67.3 Å². The van der Waals surface area contributed by atoms with Crippen LogP contribution in [0.25, 0.3) is 5.69 Å². The number of Topliss-reactive ketones (excluding diaryl/α,β-unsaturated/α-hetero) is 1. The second-order valence-corrected chi connectivity index (χ2v) is 7.95.